The van der Waals surface area contributed by atoms with Crippen molar-refractivity contribution in [1.29, 1.82) is 0 Å². The largest absolute Gasteiger partial charge is 0.508 e. The van der Waals surface area contributed by atoms with E-state index in [1.807, 2.05) is 12.3 Å². The molecule has 0 radical (unpaired) electrons. The molecule has 1 heterocycles. The van der Waals surface area contributed by atoms with Gasteiger partial charge in [0.1, 0.15) is 24.6 Å². The number of allylic oxidation sites excluding steroid dienone is 3. The first-order valence-corrected chi connectivity index (χ1v) is 17.6. The summed E-state index contributed by atoms with van der Waals surface area (Å²) in [4.78, 5) is 44.1. The summed E-state index contributed by atoms with van der Waals surface area (Å²) < 4.78 is 55.2. The monoisotopic (exact) mass is 759 g/mol. The Kier molecular flexibility index (Phi) is 17.7. The van der Waals surface area contributed by atoms with E-state index >= 15 is 0 Å². The van der Waals surface area contributed by atoms with Crippen LogP contribution < -0.4 is 0 Å². The third-order valence-electron chi connectivity index (χ3n) is 8.37. The fraction of sp³-hybridized carbons (Fsp3) is 0.647. The zero-order valence-electron chi connectivity index (χ0n) is 28.5. The van der Waals surface area contributed by atoms with E-state index in [1.165, 1.54) is 17.4 Å². The Bertz CT molecular complexity index is 1280. The lowest BCUT2D eigenvalue weighted by molar-refractivity contribution is -0.154. The number of rotatable bonds is 19. The minimum atomic E-state index is -4.56. The van der Waals surface area contributed by atoms with Crippen LogP contribution in [0.1, 0.15) is 77.9 Å². The second-order valence-corrected chi connectivity index (χ2v) is 16.3. The molecule has 0 aliphatic heterocycles. The molecular weight excluding hydrogens is 714 g/mol. The minimum absolute atomic E-state index is 0.166. The second kappa shape index (κ2) is 19.3. The molecule has 0 N–H and O–H groups in total. The highest BCUT2D eigenvalue weighted by molar-refractivity contribution is 7.09. The van der Waals surface area contributed by atoms with Gasteiger partial charge >= 0.3 is 18.3 Å². The van der Waals surface area contributed by atoms with Crippen LogP contribution in [0, 0.1) is 36.0 Å². The Balaban J connectivity index is 3.17. The summed E-state index contributed by atoms with van der Waals surface area (Å²) in [6, 6.07) is 0. The Hall–Kier alpha value is -2.08. The number of hydrogen-bond donors (Lipinski definition) is 0. The summed E-state index contributed by atoms with van der Waals surface area (Å²) >= 11 is 18.4. The molecule has 0 amide bonds. The molecule has 6 unspecified atom stereocenters. The number of thiazole rings is 1. The lowest BCUT2D eigenvalue weighted by atomic mass is 9.69. The summed E-state index contributed by atoms with van der Waals surface area (Å²) in [6.07, 6.45) is -3.56. The first kappa shape index (κ1) is 43.9. The van der Waals surface area contributed by atoms with Gasteiger partial charge in [0, 0.05) is 29.2 Å². The van der Waals surface area contributed by atoms with Crippen molar-refractivity contribution < 1.29 is 41.8 Å². The summed E-state index contributed by atoms with van der Waals surface area (Å²) in [5, 5.41) is 2.71. The zero-order chi connectivity index (χ0) is 37.0. The Morgan fingerprint density at radius 3 is 2.12 bits per heavy atom. The smallest absolute Gasteiger partial charge is 0.462 e. The van der Waals surface area contributed by atoms with Gasteiger partial charge in [-0.3, -0.25) is 9.59 Å². The van der Waals surface area contributed by atoms with Crippen molar-refractivity contribution in [3.63, 3.8) is 0 Å². The van der Waals surface area contributed by atoms with Crippen molar-refractivity contribution >= 4 is 64.0 Å². The SMILES string of the molecule is C=CC/C(=C/CC(OC(=O)CC(C)C(C)(C)C(=O)C(C)C(OC(=O)OCC(Cl)(Cl)Cl)C(C)CC=C)C(C)Cc1csc(C)n1)C(F)(F)F. The molecule has 272 valence electrons. The number of ether oxygens (including phenoxy) is 3. The predicted molar refractivity (Wildman–Crippen MR) is 185 cm³/mol. The van der Waals surface area contributed by atoms with Gasteiger partial charge in [-0.25, -0.2) is 9.78 Å². The lowest BCUT2D eigenvalue weighted by Crippen LogP contribution is -2.44. The number of ketones is 1. The van der Waals surface area contributed by atoms with Crippen molar-refractivity contribution in [2.24, 2.45) is 29.1 Å². The minimum Gasteiger partial charge on any atom is -0.462 e. The number of hydrogen-bond acceptors (Lipinski definition) is 8. The number of Topliss-reactive ketones (excluding diaryl/α,β-unsaturated/α-hetero) is 1. The van der Waals surface area contributed by atoms with E-state index < -0.39 is 63.7 Å². The number of alkyl halides is 6. The molecule has 0 spiro atoms. The highest BCUT2D eigenvalue weighted by atomic mass is 35.6. The molecule has 14 heteroatoms. The van der Waals surface area contributed by atoms with Crippen LogP contribution in [0.25, 0.3) is 0 Å². The van der Waals surface area contributed by atoms with E-state index in [2.05, 4.69) is 18.1 Å². The number of halogens is 6. The van der Waals surface area contributed by atoms with E-state index in [-0.39, 0.29) is 36.9 Å². The maximum Gasteiger partial charge on any atom is 0.508 e. The van der Waals surface area contributed by atoms with Crippen LogP contribution >= 0.6 is 46.1 Å². The van der Waals surface area contributed by atoms with Crippen LogP contribution in [-0.4, -0.2) is 51.7 Å². The van der Waals surface area contributed by atoms with E-state index in [9.17, 15) is 27.6 Å². The van der Waals surface area contributed by atoms with E-state index in [1.54, 1.807) is 47.6 Å². The Morgan fingerprint density at radius 2 is 1.62 bits per heavy atom. The van der Waals surface area contributed by atoms with Gasteiger partial charge < -0.3 is 14.2 Å². The predicted octanol–water partition coefficient (Wildman–Crippen LogP) is 10.4. The number of nitrogens with zero attached hydrogens (tertiary/aromatic N) is 1. The molecule has 0 bridgehead atoms. The molecule has 0 aliphatic rings. The highest BCUT2D eigenvalue weighted by Gasteiger charge is 2.43. The van der Waals surface area contributed by atoms with E-state index in [0.717, 1.165) is 16.8 Å². The van der Waals surface area contributed by atoms with Crippen LogP contribution in [0.5, 0.6) is 0 Å². The lowest BCUT2D eigenvalue weighted by Gasteiger charge is -2.36. The molecule has 0 aliphatic carbocycles. The van der Waals surface area contributed by atoms with Crippen molar-refractivity contribution in [3.05, 3.63) is 53.0 Å². The maximum absolute atomic E-state index is 13.9. The normalized spacial score (nSPS) is 16.6. The van der Waals surface area contributed by atoms with Gasteiger partial charge in [0.2, 0.25) is 3.79 Å². The molecule has 1 rings (SSSR count). The quantitative estimate of drug-likeness (QED) is 0.0788. The Morgan fingerprint density at radius 1 is 1.00 bits per heavy atom. The summed E-state index contributed by atoms with van der Waals surface area (Å²) in [6.45, 7) is 18.7. The second-order valence-electron chi connectivity index (χ2n) is 12.7. The van der Waals surface area contributed by atoms with Gasteiger partial charge in [-0.2, -0.15) is 13.2 Å². The molecule has 0 saturated heterocycles. The van der Waals surface area contributed by atoms with Gasteiger partial charge in [-0.05, 0) is 43.9 Å². The summed E-state index contributed by atoms with van der Waals surface area (Å²) in [5.41, 5.74) is -1.13. The molecular formula is C34H47Cl3F3NO6S. The third kappa shape index (κ3) is 14.8. The molecule has 48 heavy (non-hydrogen) atoms. The number of aromatic nitrogens is 1. The Labute approximate surface area is 301 Å². The number of carbonyl (C=O) groups excluding carboxylic acids is 3. The number of aryl methyl sites for hydroxylation is 1. The highest BCUT2D eigenvalue weighted by Crippen LogP contribution is 2.37. The number of esters is 1. The molecule has 0 fully saturated rings. The molecule has 7 nitrogen and oxygen atoms in total. The first-order chi connectivity index (χ1) is 22.0. The topological polar surface area (TPSA) is 91.8 Å². The van der Waals surface area contributed by atoms with Gasteiger partial charge in [0.15, 0.2) is 0 Å². The summed E-state index contributed by atoms with van der Waals surface area (Å²) in [5.74, 6) is -3.04. The average Bonchev–Trinajstić information content (AvgIpc) is 3.38. The molecule has 0 saturated carbocycles. The van der Waals surface area contributed by atoms with Crippen LogP contribution in [0.2, 0.25) is 0 Å². The standard InChI is InChI=1S/C34H47Cl3F3NO6S/c1-10-12-20(3)29(47-31(44)45-19-33(35,36)37)23(6)30(43)32(8,9)22(5)17-28(42)46-27(15-14-25(13-11-2)34(38,39)40)21(4)16-26-18-48-24(7)41-26/h10-11,14,18,20-23,27,29H,1-2,12-13,15-17,19H2,3-9H3/b25-14-. The van der Waals surface area contributed by atoms with E-state index in [4.69, 9.17) is 49.0 Å². The van der Waals surface area contributed by atoms with Crippen LogP contribution in [0.4, 0.5) is 18.0 Å². The molecule has 1 aromatic rings. The molecule has 1 aromatic heterocycles. The van der Waals surface area contributed by atoms with Gasteiger partial charge in [-0.15, -0.1) is 24.5 Å². The van der Waals surface area contributed by atoms with Crippen LogP contribution in [0.3, 0.4) is 0 Å². The third-order valence-corrected chi connectivity index (χ3v) is 9.52. The number of carbonyl (C=O) groups is 3. The first-order valence-electron chi connectivity index (χ1n) is 15.6. The van der Waals surface area contributed by atoms with Crippen LogP contribution in [-0.2, 0) is 30.2 Å². The molecule has 0 aromatic carbocycles. The van der Waals surface area contributed by atoms with Crippen molar-refractivity contribution in [3.8, 4) is 0 Å². The van der Waals surface area contributed by atoms with Gasteiger partial charge in [0.25, 0.3) is 0 Å². The van der Waals surface area contributed by atoms with Crippen LogP contribution in [0.15, 0.2) is 42.3 Å². The maximum atomic E-state index is 13.9. The van der Waals surface area contributed by atoms with Crippen molar-refractivity contribution in [1.82, 2.24) is 4.98 Å². The molecule has 6 atom stereocenters. The van der Waals surface area contributed by atoms with Crippen molar-refractivity contribution in [2.45, 2.75) is 103 Å². The fourth-order valence-corrected chi connectivity index (χ4v) is 5.97. The van der Waals surface area contributed by atoms with Crippen molar-refractivity contribution in [2.75, 3.05) is 6.61 Å². The zero-order valence-corrected chi connectivity index (χ0v) is 31.6. The van der Waals surface area contributed by atoms with E-state index in [0.29, 0.717) is 12.8 Å². The average molecular weight is 761 g/mol. The van der Waals surface area contributed by atoms with Gasteiger partial charge in [0.05, 0.1) is 16.6 Å². The summed E-state index contributed by atoms with van der Waals surface area (Å²) in [7, 11) is 0. The fourth-order valence-electron chi connectivity index (χ4n) is 5.18. The van der Waals surface area contributed by atoms with Gasteiger partial charge in [-0.1, -0.05) is 94.6 Å².